The van der Waals surface area contributed by atoms with Crippen LogP contribution in [0.2, 0.25) is 10.0 Å². The highest BCUT2D eigenvalue weighted by molar-refractivity contribution is 6.34. The van der Waals surface area contributed by atoms with Crippen molar-refractivity contribution in [3.05, 3.63) is 69.7 Å². The summed E-state index contributed by atoms with van der Waals surface area (Å²) in [6, 6.07) is 16.6. The highest BCUT2D eigenvalue weighted by Crippen LogP contribution is 2.33. The van der Waals surface area contributed by atoms with Gasteiger partial charge < -0.3 is 10.2 Å². The van der Waals surface area contributed by atoms with E-state index < -0.39 is 0 Å². The Morgan fingerprint density at radius 1 is 1.00 bits per heavy atom. The molecule has 0 aromatic heterocycles. The van der Waals surface area contributed by atoms with Crippen molar-refractivity contribution in [3.63, 3.8) is 0 Å². The molecule has 2 nitrogen and oxygen atoms in total. The minimum absolute atomic E-state index is 0.0156. The largest absolute Gasteiger partial charge is 0.303 e. The minimum atomic E-state index is 0.0156. The summed E-state index contributed by atoms with van der Waals surface area (Å²) in [5.41, 5.74) is 2.51. The zero-order chi connectivity index (χ0) is 17.0. The van der Waals surface area contributed by atoms with Crippen LogP contribution >= 0.6 is 23.2 Å². The maximum absolute atomic E-state index is 6.14. The molecule has 1 fully saturated rings. The molecule has 2 aromatic rings. The van der Waals surface area contributed by atoms with Crippen LogP contribution in [-0.2, 0) is 12.1 Å². The highest BCUT2D eigenvalue weighted by Gasteiger charge is 2.35. The third kappa shape index (κ3) is 4.12. The topological polar surface area (TPSA) is 15.3 Å². The summed E-state index contributed by atoms with van der Waals surface area (Å²) in [5.74, 6) is 0. The lowest BCUT2D eigenvalue weighted by atomic mass is 9.80. The van der Waals surface area contributed by atoms with Gasteiger partial charge in [-0.3, -0.25) is 0 Å². The van der Waals surface area contributed by atoms with E-state index in [2.05, 4.69) is 47.5 Å². The number of hydrogen-bond acceptors (Lipinski definition) is 2. The van der Waals surface area contributed by atoms with Crippen LogP contribution in [0, 0.1) is 0 Å². The van der Waals surface area contributed by atoms with Gasteiger partial charge in [-0.05, 0) is 48.7 Å². The van der Waals surface area contributed by atoms with Gasteiger partial charge in [-0.2, -0.15) is 0 Å². The number of piperidine rings is 1. The molecule has 0 amide bonds. The second-order valence-electron chi connectivity index (χ2n) is 6.51. The van der Waals surface area contributed by atoms with Gasteiger partial charge >= 0.3 is 0 Å². The molecule has 1 aliphatic heterocycles. The normalized spacial score (nSPS) is 17.8. The van der Waals surface area contributed by atoms with E-state index in [1.54, 1.807) is 6.07 Å². The third-order valence-corrected chi connectivity index (χ3v) is 5.47. The molecule has 0 saturated carbocycles. The van der Waals surface area contributed by atoms with Crippen LogP contribution in [0.25, 0.3) is 0 Å². The van der Waals surface area contributed by atoms with Gasteiger partial charge in [0.2, 0.25) is 0 Å². The monoisotopic (exact) mass is 362 g/mol. The Labute approximate surface area is 154 Å². The highest BCUT2D eigenvalue weighted by atomic mass is 35.5. The molecule has 4 heteroatoms. The van der Waals surface area contributed by atoms with Crippen LogP contribution in [0.3, 0.4) is 0 Å². The van der Waals surface area contributed by atoms with Crippen LogP contribution in [0.5, 0.6) is 0 Å². The van der Waals surface area contributed by atoms with Gasteiger partial charge in [-0.25, -0.2) is 0 Å². The molecule has 0 aliphatic carbocycles. The van der Waals surface area contributed by atoms with E-state index in [1.165, 1.54) is 5.56 Å². The number of likely N-dealkylation sites (tertiary alicyclic amines) is 1. The Hall–Kier alpha value is -1.06. The van der Waals surface area contributed by atoms with E-state index in [4.69, 9.17) is 23.2 Å². The standard InChI is InChI=1S/C20H24Cl2N2/c1-2-24-10-8-20(9-11-24,17-6-4-3-5-7-17)23-15-16-12-18(21)14-19(22)13-16/h3-7,12-14,23H,2,8-11,15H2,1H3. The van der Waals surface area contributed by atoms with Gasteiger partial charge in [0, 0.05) is 35.2 Å². The lowest BCUT2D eigenvalue weighted by Crippen LogP contribution is -2.50. The van der Waals surface area contributed by atoms with E-state index in [0.717, 1.165) is 44.6 Å². The van der Waals surface area contributed by atoms with Crippen molar-refractivity contribution >= 4 is 23.2 Å². The van der Waals surface area contributed by atoms with Crippen LogP contribution < -0.4 is 5.32 Å². The first-order valence-electron chi connectivity index (χ1n) is 8.59. The predicted molar refractivity (Wildman–Crippen MR) is 103 cm³/mol. The Balaban J connectivity index is 1.80. The van der Waals surface area contributed by atoms with E-state index >= 15 is 0 Å². The molecular formula is C20H24Cl2N2. The zero-order valence-corrected chi connectivity index (χ0v) is 15.6. The molecule has 0 unspecified atom stereocenters. The van der Waals surface area contributed by atoms with E-state index in [-0.39, 0.29) is 5.54 Å². The molecule has 0 bridgehead atoms. The van der Waals surface area contributed by atoms with Gasteiger partial charge in [0.05, 0.1) is 0 Å². The fourth-order valence-electron chi connectivity index (χ4n) is 3.56. The molecule has 128 valence electrons. The van der Waals surface area contributed by atoms with Crippen LogP contribution in [-0.4, -0.2) is 24.5 Å². The molecule has 0 spiro atoms. The summed E-state index contributed by atoms with van der Waals surface area (Å²) in [5, 5.41) is 5.20. The zero-order valence-electron chi connectivity index (χ0n) is 14.1. The average Bonchev–Trinajstić information content (AvgIpc) is 2.60. The van der Waals surface area contributed by atoms with E-state index in [9.17, 15) is 0 Å². The van der Waals surface area contributed by atoms with Crippen LogP contribution in [0.1, 0.15) is 30.9 Å². The molecule has 0 radical (unpaired) electrons. The summed E-state index contributed by atoms with van der Waals surface area (Å²) in [6.45, 7) is 6.36. The first-order chi connectivity index (χ1) is 11.6. The summed E-state index contributed by atoms with van der Waals surface area (Å²) >= 11 is 12.3. The fourth-order valence-corrected chi connectivity index (χ4v) is 4.13. The third-order valence-electron chi connectivity index (χ3n) is 5.04. The maximum Gasteiger partial charge on any atom is 0.0461 e. The number of halogens is 2. The Morgan fingerprint density at radius 2 is 1.62 bits per heavy atom. The molecule has 1 saturated heterocycles. The first-order valence-corrected chi connectivity index (χ1v) is 9.35. The SMILES string of the molecule is CCN1CCC(NCc2cc(Cl)cc(Cl)c2)(c2ccccc2)CC1. The predicted octanol–water partition coefficient (Wildman–Crippen LogP) is 5.09. The number of nitrogens with zero attached hydrogens (tertiary/aromatic N) is 1. The number of rotatable bonds is 5. The van der Waals surface area contributed by atoms with Crippen LogP contribution in [0.15, 0.2) is 48.5 Å². The lowest BCUT2D eigenvalue weighted by molar-refractivity contribution is 0.137. The molecular weight excluding hydrogens is 339 g/mol. The smallest absolute Gasteiger partial charge is 0.0461 e. The number of benzene rings is 2. The van der Waals surface area contributed by atoms with Gasteiger partial charge in [-0.1, -0.05) is 60.5 Å². The minimum Gasteiger partial charge on any atom is -0.303 e. The second-order valence-corrected chi connectivity index (χ2v) is 7.39. The van der Waals surface area contributed by atoms with Crippen molar-refractivity contribution in [2.45, 2.75) is 31.8 Å². The van der Waals surface area contributed by atoms with Gasteiger partial charge in [0.25, 0.3) is 0 Å². The summed E-state index contributed by atoms with van der Waals surface area (Å²) in [7, 11) is 0. The quantitative estimate of drug-likeness (QED) is 0.796. The molecule has 3 rings (SSSR count). The Morgan fingerprint density at radius 3 is 2.21 bits per heavy atom. The average molecular weight is 363 g/mol. The van der Waals surface area contributed by atoms with Crippen LogP contribution in [0.4, 0.5) is 0 Å². The van der Waals surface area contributed by atoms with Crippen molar-refractivity contribution in [3.8, 4) is 0 Å². The van der Waals surface area contributed by atoms with Crippen molar-refractivity contribution in [2.75, 3.05) is 19.6 Å². The molecule has 1 N–H and O–H groups in total. The van der Waals surface area contributed by atoms with Gasteiger partial charge in [-0.15, -0.1) is 0 Å². The molecule has 1 aliphatic rings. The lowest BCUT2D eigenvalue weighted by Gasteiger charge is -2.43. The van der Waals surface area contributed by atoms with Gasteiger partial charge in [0.1, 0.15) is 0 Å². The van der Waals surface area contributed by atoms with E-state index in [1.807, 2.05) is 12.1 Å². The molecule has 2 aromatic carbocycles. The van der Waals surface area contributed by atoms with Crippen molar-refractivity contribution in [1.82, 2.24) is 10.2 Å². The van der Waals surface area contributed by atoms with Crippen molar-refractivity contribution in [2.24, 2.45) is 0 Å². The molecule has 0 atom stereocenters. The molecule has 24 heavy (non-hydrogen) atoms. The first kappa shape index (κ1) is 17.8. The van der Waals surface area contributed by atoms with Gasteiger partial charge in [0.15, 0.2) is 0 Å². The second kappa shape index (κ2) is 7.88. The summed E-state index contributed by atoms with van der Waals surface area (Å²) in [4.78, 5) is 2.51. The fraction of sp³-hybridized carbons (Fsp3) is 0.400. The maximum atomic E-state index is 6.14. The summed E-state index contributed by atoms with van der Waals surface area (Å²) in [6.07, 6.45) is 2.22. The Kier molecular flexibility index (Phi) is 5.83. The van der Waals surface area contributed by atoms with E-state index in [0.29, 0.717) is 10.0 Å². The van der Waals surface area contributed by atoms with Crippen molar-refractivity contribution in [1.29, 1.82) is 0 Å². The summed E-state index contributed by atoms with van der Waals surface area (Å²) < 4.78 is 0. The Bertz CT molecular complexity index is 644. The number of hydrogen-bond donors (Lipinski definition) is 1. The number of nitrogens with one attached hydrogen (secondary N) is 1. The molecule has 1 heterocycles. The van der Waals surface area contributed by atoms with Crippen molar-refractivity contribution < 1.29 is 0 Å².